The lowest BCUT2D eigenvalue weighted by Gasteiger charge is -2.29. The second-order valence-electron chi connectivity index (χ2n) is 7.67. The van der Waals surface area contributed by atoms with Gasteiger partial charge in [-0.3, -0.25) is 4.21 Å². The maximum atomic E-state index is 12.4. The van der Waals surface area contributed by atoms with E-state index in [1.54, 1.807) is 12.1 Å². The van der Waals surface area contributed by atoms with Crippen LogP contribution in [-0.2, 0) is 21.6 Å². The van der Waals surface area contributed by atoms with Gasteiger partial charge in [-0.05, 0) is 28.0 Å². The zero-order valence-corrected chi connectivity index (χ0v) is 17.9. The molecular weight excluding hydrogens is 420 g/mol. The Bertz CT molecular complexity index is 1370. The third-order valence-corrected chi connectivity index (χ3v) is 6.31. The molecule has 0 fully saturated rings. The molecule has 1 heterocycles. The number of benzene rings is 4. The van der Waals surface area contributed by atoms with Crippen LogP contribution in [0.1, 0.15) is 28.2 Å². The molecule has 0 aliphatic carbocycles. The minimum Gasteiger partial charge on any atom is -0.772 e. The van der Waals surface area contributed by atoms with Crippen LogP contribution in [0.15, 0.2) is 91.0 Å². The van der Waals surface area contributed by atoms with Crippen molar-refractivity contribution in [3.63, 3.8) is 0 Å². The first-order valence-corrected chi connectivity index (χ1v) is 11.5. The molecule has 0 amide bonds. The molecule has 5 heteroatoms. The fourth-order valence-corrected chi connectivity index (χ4v) is 4.75. The van der Waals surface area contributed by atoms with Crippen LogP contribution in [-0.4, -0.2) is 15.0 Å². The van der Waals surface area contributed by atoms with Gasteiger partial charge in [-0.25, -0.2) is 0 Å². The Morgan fingerprint density at radius 1 is 0.875 bits per heavy atom. The van der Waals surface area contributed by atoms with Gasteiger partial charge in [0, 0.05) is 22.5 Å². The topological polar surface area (TPSA) is 66.4 Å². The smallest absolute Gasteiger partial charge is 0.139 e. The number of hydrogen-bond donors (Lipinski definition) is 0. The van der Waals surface area contributed by atoms with Gasteiger partial charge in [0.15, 0.2) is 0 Å². The van der Waals surface area contributed by atoms with Crippen molar-refractivity contribution >= 4 is 39.5 Å². The van der Waals surface area contributed by atoms with Crippen molar-refractivity contribution in [2.24, 2.45) is 0 Å². The number of para-hydroxylation sites is 1. The molecule has 4 aromatic carbocycles. The first-order valence-electron chi connectivity index (χ1n) is 10.3. The molecule has 5 rings (SSSR count). The van der Waals surface area contributed by atoms with Gasteiger partial charge in [0.05, 0.1) is 5.92 Å². The van der Waals surface area contributed by atoms with Crippen LogP contribution in [0.3, 0.4) is 0 Å². The number of ether oxygens (including phenoxy) is 1. The lowest BCUT2D eigenvalue weighted by molar-refractivity contribution is -0.108. The van der Waals surface area contributed by atoms with Crippen molar-refractivity contribution in [3.8, 4) is 5.75 Å². The molecule has 0 spiro atoms. The highest BCUT2D eigenvalue weighted by Gasteiger charge is 2.31. The number of fused-ring (bicyclic) bond motifs is 2. The summed E-state index contributed by atoms with van der Waals surface area (Å²) in [7, 11) is 0. The predicted molar refractivity (Wildman–Crippen MR) is 126 cm³/mol. The lowest BCUT2D eigenvalue weighted by Crippen LogP contribution is -2.16. The fraction of sp³-hybridized carbons (Fsp3) is 0.0741. The van der Waals surface area contributed by atoms with Gasteiger partial charge >= 0.3 is 0 Å². The summed E-state index contributed by atoms with van der Waals surface area (Å²) in [4.78, 5) is 12.4. The summed E-state index contributed by atoms with van der Waals surface area (Å²) in [5.74, 6) is 0.714. The summed E-state index contributed by atoms with van der Waals surface area (Å²) in [6.07, 6.45) is 0.966. The Kier molecular flexibility index (Phi) is 5.43. The van der Waals surface area contributed by atoms with E-state index in [2.05, 4.69) is 0 Å². The Morgan fingerprint density at radius 2 is 1.59 bits per heavy atom. The zero-order chi connectivity index (χ0) is 22.1. The van der Waals surface area contributed by atoms with Crippen LogP contribution in [0.25, 0.3) is 22.1 Å². The van der Waals surface area contributed by atoms with Gasteiger partial charge in [-0.1, -0.05) is 96.0 Å². The van der Waals surface area contributed by atoms with Crippen LogP contribution in [0.5, 0.6) is 5.75 Å². The summed E-state index contributed by atoms with van der Waals surface area (Å²) in [5, 5.41) is 2.12. The lowest BCUT2D eigenvalue weighted by atomic mass is 9.81. The van der Waals surface area contributed by atoms with E-state index in [1.165, 1.54) is 0 Å². The van der Waals surface area contributed by atoms with Crippen molar-refractivity contribution in [2.75, 3.05) is 0 Å². The molecule has 0 aromatic heterocycles. The van der Waals surface area contributed by atoms with Crippen LogP contribution < -0.4 is 4.74 Å². The van der Waals surface area contributed by atoms with Crippen molar-refractivity contribution in [1.29, 1.82) is 0 Å². The molecule has 0 N–H and O–H groups in total. The van der Waals surface area contributed by atoms with Crippen LogP contribution in [0.2, 0.25) is 0 Å². The van der Waals surface area contributed by atoms with E-state index in [0.29, 0.717) is 17.1 Å². The minimum atomic E-state index is -2.16. The molecule has 32 heavy (non-hydrogen) atoms. The van der Waals surface area contributed by atoms with E-state index in [0.717, 1.165) is 39.3 Å². The highest BCUT2D eigenvalue weighted by atomic mass is 32.2. The summed E-state index contributed by atoms with van der Waals surface area (Å²) in [6.45, 7) is 0. The normalized spacial score (nSPS) is 16.3. The number of carbonyl (C=O) groups is 1. The first-order chi connectivity index (χ1) is 15.7. The van der Waals surface area contributed by atoms with Crippen molar-refractivity contribution in [3.05, 3.63) is 113 Å². The average molecular weight is 440 g/mol. The molecule has 0 saturated carbocycles. The van der Waals surface area contributed by atoms with Gasteiger partial charge in [-0.2, -0.15) is 0 Å². The standard InChI is InChI=1S/C27H20O4S/c28-16-24-22-9-3-4-11-25(22)31-27(20-14-12-18(13-15-20)17-32(29)30)26(24)23-10-5-7-19-6-1-2-8-21(19)23/h1-16,24H,17H2,(H,29,30)/p-1. The molecular formula is C27H19O4S-. The van der Waals surface area contributed by atoms with Crippen molar-refractivity contribution < 1.29 is 18.3 Å². The summed E-state index contributed by atoms with van der Waals surface area (Å²) in [6, 6.07) is 28.9. The largest absolute Gasteiger partial charge is 0.772 e. The Morgan fingerprint density at radius 3 is 2.38 bits per heavy atom. The highest BCUT2D eigenvalue weighted by Crippen LogP contribution is 2.47. The monoisotopic (exact) mass is 439 g/mol. The molecule has 0 bridgehead atoms. The Hall–Kier alpha value is -3.54. The number of carbonyl (C=O) groups excluding carboxylic acids is 1. The molecule has 158 valence electrons. The molecule has 2 unspecified atom stereocenters. The third kappa shape index (κ3) is 3.66. The molecule has 1 aliphatic rings. The minimum absolute atomic E-state index is 0.0455. The Labute approximate surface area is 188 Å². The second-order valence-corrected chi connectivity index (χ2v) is 8.56. The number of aldehydes is 1. The third-order valence-electron chi connectivity index (χ3n) is 5.74. The summed E-state index contributed by atoms with van der Waals surface area (Å²) >= 11 is -2.16. The molecule has 2 atom stereocenters. The van der Waals surface area contributed by atoms with Crippen LogP contribution >= 0.6 is 0 Å². The van der Waals surface area contributed by atoms with E-state index < -0.39 is 17.0 Å². The van der Waals surface area contributed by atoms with Crippen LogP contribution in [0, 0.1) is 0 Å². The quantitative estimate of drug-likeness (QED) is 0.306. The number of allylic oxidation sites excluding steroid dienone is 1. The van der Waals surface area contributed by atoms with Crippen molar-refractivity contribution in [1.82, 2.24) is 0 Å². The maximum absolute atomic E-state index is 12.4. The predicted octanol–water partition coefficient (Wildman–Crippen LogP) is 5.46. The SMILES string of the molecule is O=CC1C(c2cccc3ccccc23)=C(c2ccc(CS(=O)[O-])cc2)Oc2ccccc21. The molecule has 0 radical (unpaired) electrons. The first kappa shape index (κ1) is 20.4. The molecule has 4 nitrogen and oxygen atoms in total. The van der Waals surface area contributed by atoms with E-state index in [9.17, 15) is 13.6 Å². The summed E-state index contributed by atoms with van der Waals surface area (Å²) < 4.78 is 28.5. The average Bonchev–Trinajstić information content (AvgIpc) is 2.82. The Balaban J connectivity index is 1.76. The van der Waals surface area contributed by atoms with E-state index in [1.807, 2.05) is 78.9 Å². The van der Waals surface area contributed by atoms with Gasteiger partial charge in [0.1, 0.15) is 17.8 Å². The second kappa shape index (κ2) is 8.54. The summed E-state index contributed by atoms with van der Waals surface area (Å²) in [5.41, 5.74) is 4.05. The van der Waals surface area contributed by atoms with Crippen molar-refractivity contribution in [2.45, 2.75) is 11.7 Å². The van der Waals surface area contributed by atoms with E-state index >= 15 is 0 Å². The number of rotatable bonds is 5. The van der Waals surface area contributed by atoms with Gasteiger partial charge in [-0.15, -0.1) is 0 Å². The van der Waals surface area contributed by atoms with E-state index in [-0.39, 0.29) is 5.75 Å². The molecule has 0 saturated heterocycles. The van der Waals surface area contributed by atoms with Crippen LogP contribution in [0.4, 0.5) is 0 Å². The molecule has 4 aromatic rings. The van der Waals surface area contributed by atoms with Gasteiger partial charge in [0.2, 0.25) is 0 Å². The van der Waals surface area contributed by atoms with Gasteiger partial charge in [0.25, 0.3) is 0 Å². The van der Waals surface area contributed by atoms with Gasteiger partial charge < -0.3 is 14.1 Å². The molecule has 1 aliphatic heterocycles. The fourth-order valence-electron chi connectivity index (χ4n) is 4.29. The maximum Gasteiger partial charge on any atom is 0.139 e. The number of hydrogen-bond acceptors (Lipinski definition) is 4. The highest BCUT2D eigenvalue weighted by molar-refractivity contribution is 7.78. The zero-order valence-electron chi connectivity index (χ0n) is 17.1. The van der Waals surface area contributed by atoms with E-state index in [4.69, 9.17) is 4.74 Å².